The number of amides is 1. The number of benzene rings is 1. The van der Waals surface area contributed by atoms with Gasteiger partial charge in [0.1, 0.15) is 5.75 Å². The van der Waals surface area contributed by atoms with Crippen molar-refractivity contribution < 1.29 is 9.53 Å². The molecule has 3 nitrogen and oxygen atoms in total. The second-order valence-corrected chi connectivity index (χ2v) is 5.57. The van der Waals surface area contributed by atoms with Gasteiger partial charge in [0.05, 0.1) is 18.1 Å². The molecule has 1 aliphatic rings. The van der Waals surface area contributed by atoms with Crippen molar-refractivity contribution in [3.63, 3.8) is 0 Å². The lowest BCUT2D eigenvalue weighted by atomic mass is 10.1. The lowest BCUT2D eigenvalue weighted by Crippen LogP contribution is -2.37. The molecule has 2 rings (SSSR count). The van der Waals surface area contributed by atoms with Crippen molar-refractivity contribution in [2.45, 2.75) is 19.1 Å². The second-order valence-electron chi connectivity index (χ2n) is 4.55. The maximum absolute atomic E-state index is 11.9. The highest BCUT2D eigenvalue weighted by Crippen LogP contribution is 2.29. The summed E-state index contributed by atoms with van der Waals surface area (Å²) in [6.45, 7) is 4.12. The van der Waals surface area contributed by atoms with E-state index in [1.807, 2.05) is 29.7 Å². The van der Waals surface area contributed by atoms with Gasteiger partial charge in [-0.3, -0.25) is 4.79 Å². The number of carbonyl (C=O) groups excluding carboxylic acids is 1. The third kappa shape index (κ3) is 2.70. The Balaban J connectivity index is 2.17. The number of thioether (sulfide) groups is 1. The fourth-order valence-corrected chi connectivity index (χ4v) is 2.78. The minimum absolute atomic E-state index is 0.00648. The molecule has 0 saturated heterocycles. The van der Waals surface area contributed by atoms with Gasteiger partial charge >= 0.3 is 0 Å². The standard InChI is InChI=1S/C14H17NO2S/c1-9(2)13-14(16)15-12(8-18-13)10-4-6-11(17-3)7-5-10/h4-9,13H,1-3H3,(H,15,16)/t13-/m0/s1. The molecule has 1 heterocycles. The predicted octanol–water partition coefficient (Wildman–Crippen LogP) is 2.88. The molecule has 0 spiro atoms. The summed E-state index contributed by atoms with van der Waals surface area (Å²) in [5.41, 5.74) is 1.86. The number of hydrogen-bond acceptors (Lipinski definition) is 3. The van der Waals surface area contributed by atoms with E-state index in [1.54, 1.807) is 18.9 Å². The molecule has 0 bridgehead atoms. The molecule has 1 atom stereocenters. The fourth-order valence-electron chi connectivity index (χ4n) is 1.81. The van der Waals surface area contributed by atoms with E-state index in [4.69, 9.17) is 4.74 Å². The second kappa shape index (κ2) is 5.48. The van der Waals surface area contributed by atoms with E-state index in [2.05, 4.69) is 19.2 Å². The number of carbonyl (C=O) groups is 1. The Morgan fingerprint density at radius 1 is 1.28 bits per heavy atom. The molecule has 1 N–H and O–H groups in total. The molecule has 0 aliphatic carbocycles. The van der Waals surface area contributed by atoms with E-state index >= 15 is 0 Å². The Kier molecular flexibility index (Phi) is 3.97. The highest BCUT2D eigenvalue weighted by molar-refractivity contribution is 8.03. The Hall–Kier alpha value is -1.42. The summed E-state index contributed by atoms with van der Waals surface area (Å²) >= 11 is 1.59. The van der Waals surface area contributed by atoms with Crippen LogP contribution in [0, 0.1) is 5.92 Å². The third-order valence-corrected chi connectivity index (χ3v) is 4.28. The Morgan fingerprint density at radius 3 is 2.44 bits per heavy atom. The van der Waals surface area contributed by atoms with E-state index in [0.717, 1.165) is 17.0 Å². The lowest BCUT2D eigenvalue weighted by molar-refractivity contribution is -0.120. The molecule has 0 saturated carbocycles. The van der Waals surface area contributed by atoms with Crippen LogP contribution in [0.2, 0.25) is 0 Å². The summed E-state index contributed by atoms with van der Waals surface area (Å²) in [7, 11) is 1.64. The van der Waals surface area contributed by atoms with E-state index in [-0.39, 0.29) is 11.2 Å². The smallest absolute Gasteiger partial charge is 0.238 e. The van der Waals surface area contributed by atoms with Gasteiger partial charge in [0.15, 0.2) is 0 Å². The van der Waals surface area contributed by atoms with E-state index in [9.17, 15) is 4.79 Å². The first kappa shape index (κ1) is 13.0. The van der Waals surface area contributed by atoms with Crippen molar-refractivity contribution in [3.05, 3.63) is 35.2 Å². The Labute approximate surface area is 112 Å². The summed E-state index contributed by atoms with van der Waals surface area (Å²) < 4.78 is 5.11. The van der Waals surface area contributed by atoms with Crippen LogP contribution in [0.3, 0.4) is 0 Å². The van der Waals surface area contributed by atoms with Crippen molar-refractivity contribution in [1.29, 1.82) is 0 Å². The van der Waals surface area contributed by atoms with Crippen LogP contribution in [-0.2, 0) is 4.79 Å². The van der Waals surface area contributed by atoms with Crippen molar-refractivity contribution in [1.82, 2.24) is 5.32 Å². The quantitative estimate of drug-likeness (QED) is 0.911. The molecule has 1 amide bonds. The SMILES string of the molecule is COc1ccc(C2=CS[C@@H](C(C)C)C(=O)N2)cc1. The number of rotatable bonds is 3. The van der Waals surface area contributed by atoms with Crippen LogP contribution >= 0.6 is 11.8 Å². The van der Waals surface area contributed by atoms with Crippen LogP contribution in [0.25, 0.3) is 5.70 Å². The third-order valence-electron chi connectivity index (χ3n) is 2.86. The van der Waals surface area contributed by atoms with E-state index < -0.39 is 0 Å². The van der Waals surface area contributed by atoms with Crippen molar-refractivity contribution in [3.8, 4) is 5.75 Å². The van der Waals surface area contributed by atoms with Gasteiger partial charge in [0.25, 0.3) is 0 Å². The first-order valence-electron chi connectivity index (χ1n) is 5.92. The molecule has 0 fully saturated rings. The molecular weight excluding hydrogens is 246 g/mol. The van der Waals surface area contributed by atoms with Gasteiger partial charge in [0, 0.05) is 0 Å². The van der Waals surface area contributed by atoms with Gasteiger partial charge in [-0.05, 0) is 41.2 Å². The summed E-state index contributed by atoms with van der Waals surface area (Å²) in [4.78, 5) is 11.9. The minimum atomic E-state index is 0.00648. The van der Waals surface area contributed by atoms with Gasteiger partial charge in [-0.15, -0.1) is 11.8 Å². The first-order chi connectivity index (χ1) is 8.61. The van der Waals surface area contributed by atoms with Crippen LogP contribution in [-0.4, -0.2) is 18.3 Å². The fraction of sp³-hybridized carbons (Fsp3) is 0.357. The number of methoxy groups -OCH3 is 1. The minimum Gasteiger partial charge on any atom is -0.497 e. The van der Waals surface area contributed by atoms with Gasteiger partial charge in [0.2, 0.25) is 5.91 Å². The molecular formula is C14H17NO2S. The van der Waals surface area contributed by atoms with Gasteiger partial charge < -0.3 is 10.1 Å². The molecule has 1 aromatic rings. The van der Waals surface area contributed by atoms with E-state index in [0.29, 0.717) is 5.92 Å². The molecule has 1 aromatic carbocycles. The Bertz CT molecular complexity index is 465. The number of ether oxygens (including phenoxy) is 1. The number of nitrogens with one attached hydrogen (secondary N) is 1. The molecule has 18 heavy (non-hydrogen) atoms. The van der Waals surface area contributed by atoms with Crippen LogP contribution < -0.4 is 10.1 Å². The van der Waals surface area contributed by atoms with Crippen molar-refractivity contribution in [2.24, 2.45) is 5.92 Å². The predicted molar refractivity (Wildman–Crippen MR) is 75.3 cm³/mol. The van der Waals surface area contributed by atoms with Crippen LogP contribution in [0.4, 0.5) is 0 Å². The average molecular weight is 263 g/mol. The maximum Gasteiger partial charge on any atom is 0.238 e. The topological polar surface area (TPSA) is 38.3 Å². The van der Waals surface area contributed by atoms with Crippen LogP contribution in [0.15, 0.2) is 29.7 Å². The van der Waals surface area contributed by atoms with Crippen molar-refractivity contribution in [2.75, 3.05) is 7.11 Å². The zero-order valence-electron chi connectivity index (χ0n) is 10.8. The Morgan fingerprint density at radius 2 is 1.94 bits per heavy atom. The van der Waals surface area contributed by atoms with Crippen molar-refractivity contribution >= 4 is 23.4 Å². The summed E-state index contributed by atoms with van der Waals surface area (Å²) in [6, 6.07) is 7.67. The van der Waals surface area contributed by atoms with E-state index in [1.165, 1.54) is 0 Å². The largest absolute Gasteiger partial charge is 0.497 e. The summed E-state index contributed by atoms with van der Waals surface area (Å²) in [6.07, 6.45) is 0. The zero-order valence-corrected chi connectivity index (χ0v) is 11.6. The normalized spacial score (nSPS) is 19.4. The summed E-state index contributed by atoms with van der Waals surface area (Å²) in [5.74, 6) is 1.24. The average Bonchev–Trinajstić information content (AvgIpc) is 2.38. The molecule has 0 unspecified atom stereocenters. The van der Waals surface area contributed by atoms with Gasteiger partial charge in [-0.1, -0.05) is 13.8 Å². The lowest BCUT2D eigenvalue weighted by Gasteiger charge is -2.24. The van der Waals surface area contributed by atoms with Crippen LogP contribution in [0.1, 0.15) is 19.4 Å². The monoisotopic (exact) mass is 263 g/mol. The molecule has 0 aromatic heterocycles. The maximum atomic E-state index is 11.9. The number of hydrogen-bond donors (Lipinski definition) is 1. The molecule has 4 heteroatoms. The summed E-state index contributed by atoms with van der Waals surface area (Å²) in [5, 5.41) is 4.99. The van der Waals surface area contributed by atoms with Crippen LogP contribution in [0.5, 0.6) is 5.75 Å². The zero-order chi connectivity index (χ0) is 13.1. The molecule has 0 radical (unpaired) electrons. The highest BCUT2D eigenvalue weighted by atomic mass is 32.2. The van der Waals surface area contributed by atoms with Gasteiger partial charge in [-0.2, -0.15) is 0 Å². The highest BCUT2D eigenvalue weighted by Gasteiger charge is 2.26. The molecule has 96 valence electrons. The first-order valence-corrected chi connectivity index (χ1v) is 6.87. The van der Waals surface area contributed by atoms with Gasteiger partial charge in [-0.25, -0.2) is 0 Å². The molecule has 1 aliphatic heterocycles.